The second-order valence-electron chi connectivity index (χ2n) is 6.28. The van der Waals surface area contributed by atoms with Gasteiger partial charge in [-0.15, -0.1) is 0 Å². The predicted octanol–water partition coefficient (Wildman–Crippen LogP) is 4.17. The third kappa shape index (κ3) is 3.57. The highest BCUT2D eigenvalue weighted by Crippen LogP contribution is 2.24. The van der Waals surface area contributed by atoms with Crippen molar-refractivity contribution in [2.75, 3.05) is 18.2 Å². The van der Waals surface area contributed by atoms with E-state index in [1.165, 1.54) is 6.07 Å². The molecule has 1 aromatic carbocycles. The normalized spacial score (nSPS) is 14.6. The van der Waals surface area contributed by atoms with Gasteiger partial charge in [0.2, 0.25) is 0 Å². The molecule has 0 saturated carbocycles. The molecular formula is C19H23FN4O. The molecule has 0 radical (unpaired) electrons. The minimum atomic E-state index is -0.365. The van der Waals surface area contributed by atoms with Crippen LogP contribution in [0.4, 0.5) is 10.1 Å². The summed E-state index contributed by atoms with van der Waals surface area (Å²) in [7, 11) is 0. The monoisotopic (exact) mass is 342 g/mol. The number of halogens is 1. The van der Waals surface area contributed by atoms with Crippen molar-refractivity contribution in [3.63, 3.8) is 0 Å². The standard InChI is InChI=1S/C19H23FN4O/c1-5-25-18-7-6-15(8-17(18)20)19-14(4)10-23(12-21-19)16-9-22-24(11-16)13(2)3/h6-11,13H,5,12H2,1-4H3. The molecular weight excluding hydrogens is 319 g/mol. The van der Waals surface area contributed by atoms with Crippen molar-refractivity contribution in [2.24, 2.45) is 4.99 Å². The Labute approximate surface area is 147 Å². The molecule has 0 bridgehead atoms. The van der Waals surface area contributed by atoms with Crippen molar-refractivity contribution in [1.82, 2.24) is 9.78 Å². The lowest BCUT2D eigenvalue weighted by molar-refractivity contribution is 0.321. The van der Waals surface area contributed by atoms with Gasteiger partial charge >= 0.3 is 0 Å². The van der Waals surface area contributed by atoms with E-state index in [0.29, 0.717) is 19.3 Å². The largest absolute Gasteiger partial charge is 0.491 e. The maximum absolute atomic E-state index is 14.1. The molecule has 1 aromatic heterocycles. The number of allylic oxidation sites excluding steroid dienone is 1. The lowest BCUT2D eigenvalue weighted by atomic mass is 10.0. The average molecular weight is 342 g/mol. The highest BCUT2D eigenvalue weighted by molar-refractivity contribution is 6.13. The van der Waals surface area contributed by atoms with Crippen molar-refractivity contribution in [3.05, 3.63) is 53.7 Å². The van der Waals surface area contributed by atoms with E-state index in [1.54, 1.807) is 6.07 Å². The van der Waals surface area contributed by atoms with E-state index in [9.17, 15) is 4.39 Å². The third-order valence-corrected chi connectivity index (χ3v) is 4.06. The van der Waals surface area contributed by atoms with Gasteiger partial charge in [0.25, 0.3) is 0 Å². The Hall–Kier alpha value is -2.63. The van der Waals surface area contributed by atoms with Crippen LogP contribution < -0.4 is 9.64 Å². The van der Waals surface area contributed by atoms with Crippen LogP contribution in [0.5, 0.6) is 5.75 Å². The van der Waals surface area contributed by atoms with Crippen LogP contribution in [0, 0.1) is 5.82 Å². The number of hydrogen-bond donors (Lipinski definition) is 0. The van der Waals surface area contributed by atoms with Crippen LogP contribution in [0.2, 0.25) is 0 Å². The summed E-state index contributed by atoms with van der Waals surface area (Å²) < 4.78 is 21.3. The molecule has 0 spiro atoms. The second-order valence-corrected chi connectivity index (χ2v) is 6.28. The maximum atomic E-state index is 14.1. The molecule has 0 aliphatic carbocycles. The molecule has 0 atom stereocenters. The molecule has 1 aliphatic rings. The summed E-state index contributed by atoms with van der Waals surface area (Å²) in [5.74, 6) is -0.0949. The molecule has 5 nitrogen and oxygen atoms in total. The third-order valence-electron chi connectivity index (χ3n) is 4.06. The predicted molar refractivity (Wildman–Crippen MR) is 97.8 cm³/mol. The molecule has 25 heavy (non-hydrogen) atoms. The second kappa shape index (κ2) is 7.09. The fourth-order valence-electron chi connectivity index (χ4n) is 2.76. The first kappa shape index (κ1) is 17.2. The van der Waals surface area contributed by atoms with Gasteiger partial charge in [-0.2, -0.15) is 5.10 Å². The lowest BCUT2D eigenvalue weighted by Gasteiger charge is -2.23. The Balaban J connectivity index is 1.81. The number of nitrogens with zero attached hydrogens (tertiary/aromatic N) is 4. The van der Waals surface area contributed by atoms with E-state index >= 15 is 0 Å². The summed E-state index contributed by atoms with van der Waals surface area (Å²) in [5.41, 5.74) is 3.53. The Morgan fingerprint density at radius 1 is 1.32 bits per heavy atom. The average Bonchev–Trinajstić information content (AvgIpc) is 3.07. The maximum Gasteiger partial charge on any atom is 0.165 e. The molecule has 0 N–H and O–H groups in total. The van der Waals surface area contributed by atoms with Crippen LogP contribution in [-0.4, -0.2) is 28.8 Å². The minimum Gasteiger partial charge on any atom is -0.491 e. The Morgan fingerprint density at radius 3 is 2.72 bits per heavy atom. The molecule has 0 saturated heterocycles. The van der Waals surface area contributed by atoms with E-state index in [0.717, 1.165) is 22.5 Å². The number of anilines is 1. The summed E-state index contributed by atoms with van der Waals surface area (Å²) in [4.78, 5) is 6.68. The van der Waals surface area contributed by atoms with Gasteiger partial charge in [0.1, 0.15) is 6.67 Å². The zero-order chi connectivity index (χ0) is 18.0. The summed E-state index contributed by atoms with van der Waals surface area (Å²) in [6.45, 7) is 8.91. The Morgan fingerprint density at radius 2 is 2.12 bits per heavy atom. The van der Waals surface area contributed by atoms with Crippen LogP contribution in [0.25, 0.3) is 0 Å². The zero-order valence-corrected chi connectivity index (χ0v) is 15.0. The van der Waals surface area contributed by atoms with E-state index in [4.69, 9.17) is 4.74 Å². The Kier molecular flexibility index (Phi) is 4.88. The quantitative estimate of drug-likeness (QED) is 0.819. The summed E-state index contributed by atoms with van der Waals surface area (Å²) >= 11 is 0. The molecule has 0 fully saturated rings. The zero-order valence-electron chi connectivity index (χ0n) is 15.0. The van der Waals surface area contributed by atoms with E-state index in [-0.39, 0.29) is 11.6 Å². The van der Waals surface area contributed by atoms with Crippen molar-refractivity contribution in [3.8, 4) is 5.75 Å². The molecule has 0 unspecified atom stereocenters. The first-order valence-corrected chi connectivity index (χ1v) is 8.46. The summed E-state index contributed by atoms with van der Waals surface area (Å²) in [6, 6.07) is 5.29. The number of benzene rings is 1. The fraction of sp³-hybridized carbons (Fsp3) is 0.368. The number of aromatic nitrogens is 2. The summed E-state index contributed by atoms with van der Waals surface area (Å²) in [6.07, 6.45) is 5.87. The highest BCUT2D eigenvalue weighted by Gasteiger charge is 2.17. The minimum absolute atomic E-state index is 0.270. The van der Waals surface area contributed by atoms with Gasteiger partial charge in [-0.1, -0.05) is 0 Å². The summed E-state index contributed by atoms with van der Waals surface area (Å²) in [5, 5.41) is 4.37. The van der Waals surface area contributed by atoms with Crippen LogP contribution in [0.1, 0.15) is 39.3 Å². The fourth-order valence-corrected chi connectivity index (χ4v) is 2.76. The van der Waals surface area contributed by atoms with Crippen LogP contribution >= 0.6 is 0 Å². The van der Waals surface area contributed by atoms with Crippen LogP contribution in [0.15, 0.2) is 47.4 Å². The molecule has 3 rings (SSSR count). The first-order valence-electron chi connectivity index (χ1n) is 8.46. The molecule has 2 heterocycles. The van der Waals surface area contributed by atoms with Crippen molar-refractivity contribution >= 4 is 11.4 Å². The molecule has 6 heteroatoms. The van der Waals surface area contributed by atoms with Gasteiger partial charge in [-0.25, -0.2) is 4.39 Å². The van der Waals surface area contributed by atoms with E-state index in [1.807, 2.05) is 48.1 Å². The van der Waals surface area contributed by atoms with Gasteiger partial charge in [-0.3, -0.25) is 9.67 Å². The van der Waals surface area contributed by atoms with Gasteiger partial charge in [-0.05, 0) is 51.5 Å². The molecule has 0 amide bonds. The van der Waals surface area contributed by atoms with E-state index in [2.05, 4.69) is 23.9 Å². The number of rotatable bonds is 5. The SMILES string of the molecule is CCOc1ccc(C2=NCN(c3cnn(C(C)C)c3)C=C2C)cc1F. The smallest absolute Gasteiger partial charge is 0.165 e. The van der Waals surface area contributed by atoms with Crippen molar-refractivity contribution in [1.29, 1.82) is 0 Å². The topological polar surface area (TPSA) is 42.6 Å². The Bertz CT molecular complexity index is 823. The van der Waals surface area contributed by atoms with Gasteiger partial charge in [0, 0.05) is 24.0 Å². The van der Waals surface area contributed by atoms with Gasteiger partial charge < -0.3 is 9.64 Å². The van der Waals surface area contributed by atoms with E-state index < -0.39 is 0 Å². The molecule has 1 aliphatic heterocycles. The van der Waals surface area contributed by atoms with Gasteiger partial charge in [0.15, 0.2) is 11.6 Å². The molecule has 132 valence electrons. The number of ether oxygens (including phenoxy) is 1. The van der Waals surface area contributed by atoms with Crippen molar-refractivity contribution in [2.45, 2.75) is 33.7 Å². The van der Waals surface area contributed by atoms with Gasteiger partial charge in [0.05, 0.1) is 24.2 Å². The number of aliphatic imine (C=N–C) groups is 1. The highest BCUT2D eigenvalue weighted by atomic mass is 19.1. The first-order chi connectivity index (χ1) is 12.0. The van der Waals surface area contributed by atoms with Crippen molar-refractivity contribution < 1.29 is 9.13 Å². The van der Waals surface area contributed by atoms with Crippen LogP contribution in [0.3, 0.4) is 0 Å². The van der Waals surface area contributed by atoms with Crippen LogP contribution in [-0.2, 0) is 0 Å². The molecule has 2 aromatic rings. The number of hydrogen-bond acceptors (Lipinski definition) is 4. The lowest BCUT2D eigenvalue weighted by Crippen LogP contribution is -2.24.